The third-order valence-corrected chi connectivity index (χ3v) is 4.15. The summed E-state index contributed by atoms with van der Waals surface area (Å²) < 4.78 is 5.87. The first kappa shape index (κ1) is 14.6. The molecular formula is C19H21NO2. The maximum absolute atomic E-state index is 11.3. The van der Waals surface area contributed by atoms with Crippen LogP contribution < -0.4 is 10.5 Å². The highest BCUT2D eigenvalue weighted by Crippen LogP contribution is 2.44. The van der Waals surface area contributed by atoms with Crippen molar-refractivity contribution in [3.05, 3.63) is 65.7 Å². The largest absolute Gasteiger partial charge is 0.489 e. The smallest absolute Gasteiger partial charge is 0.218 e. The van der Waals surface area contributed by atoms with E-state index in [0.29, 0.717) is 18.9 Å². The molecule has 0 bridgehead atoms. The van der Waals surface area contributed by atoms with Crippen molar-refractivity contribution in [1.29, 1.82) is 0 Å². The Morgan fingerprint density at radius 2 is 1.91 bits per heavy atom. The first-order chi connectivity index (χ1) is 10.7. The van der Waals surface area contributed by atoms with E-state index < -0.39 is 0 Å². The van der Waals surface area contributed by atoms with Crippen molar-refractivity contribution in [2.45, 2.75) is 31.8 Å². The SMILES string of the molecule is NC(=O)C[C@H](c1cccc(OCc2ccccc2)c1)C1CC1. The van der Waals surface area contributed by atoms with E-state index in [0.717, 1.165) is 16.9 Å². The Kier molecular flexibility index (Phi) is 4.42. The lowest BCUT2D eigenvalue weighted by molar-refractivity contribution is -0.118. The standard InChI is InChI=1S/C19H21NO2/c20-19(21)12-18(15-9-10-15)16-7-4-8-17(11-16)22-13-14-5-2-1-3-6-14/h1-8,11,15,18H,9-10,12-13H2,(H2,20,21)/t18-/m0/s1. The summed E-state index contributed by atoms with van der Waals surface area (Å²) in [5, 5.41) is 0. The van der Waals surface area contributed by atoms with Crippen LogP contribution in [0.4, 0.5) is 0 Å². The summed E-state index contributed by atoms with van der Waals surface area (Å²) in [6, 6.07) is 18.2. The number of carbonyl (C=O) groups excluding carboxylic acids is 1. The minimum Gasteiger partial charge on any atom is -0.489 e. The van der Waals surface area contributed by atoms with Gasteiger partial charge >= 0.3 is 0 Å². The van der Waals surface area contributed by atoms with E-state index in [1.54, 1.807) is 0 Å². The summed E-state index contributed by atoms with van der Waals surface area (Å²) in [4.78, 5) is 11.3. The fourth-order valence-corrected chi connectivity index (χ4v) is 2.85. The van der Waals surface area contributed by atoms with E-state index in [1.807, 2.05) is 42.5 Å². The lowest BCUT2D eigenvalue weighted by Gasteiger charge is -2.16. The fourth-order valence-electron chi connectivity index (χ4n) is 2.85. The molecule has 0 aliphatic heterocycles. The summed E-state index contributed by atoms with van der Waals surface area (Å²) in [6.07, 6.45) is 2.80. The van der Waals surface area contributed by atoms with Crippen molar-refractivity contribution < 1.29 is 9.53 Å². The van der Waals surface area contributed by atoms with Gasteiger partial charge in [-0.15, -0.1) is 0 Å². The molecule has 1 fully saturated rings. The van der Waals surface area contributed by atoms with E-state index in [-0.39, 0.29) is 11.8 Å². The number of amides is 1. The number of benzene rings is 2. The minimum atomic E-state index is -0.229. The van der Waals surface area contributed by atoms with Crippen LogP contribution in [0, 0.1) is 5.92 Å². The van der Waals surface area contributed by atoms with Crippen molar-refractivity contribution in [2.24, 2.45) is 11.7 Å². The maximum atomic E-state index is 11.3. The Labute approximate surface area is 131 Å². The van der Waals surface area contributed by atoms with E-state index >= 15 is 0 Å². The van der Waals surface area contributed by atoms with Gasteiger partial charge in [-0.2, -0.15) is 0 Å². The first-order valence-corrected chi connectivity index (χ1v) is 7.77. The predicted molar refractivity (Wildman–Crippen MR) is 86.5 cm³/mol. The van der Waals surface area contributed by atoms with Gasteiger partial charge in [-0.1, -0.05) is 42.5 Å². The van der Waals surface area contributed by atoms with Gasteiger partial charge in [0.25, 0.3) is 0 Å². The number of rotatable bonds is 7. The lowest BCUT2D eigenvalue weighted by Crippen LogP contribution is -2.16. The summed E-state index contributed by atoms with van der Waals surface area (Å²) in [5.41, 5.74) is 7.70. The summed E-state index contributed by atoms with van der Waals surface area (Å²) in [6.45, 7) is 0.550. The Balaban J connectivity index is 1.70. The highest BCUT2D eigenvalue weighted by atomic mass is 16.5. The van der Waals surface area contributed by atoms with E-state index in [9.17, 15) is 4.79 Å². The van der Waals surface area contributed by atoms with Gasteiger partial charge in [0.1, 0.15) is 12.4 Å². The molecule has 0 unspecified atom stereocenters. The van der Waals surface area contributed by atoms with Gasteiger partial charge < -0.3 is 10.5 Å². The van der Waals surface area contributed by atoms with Crippen molar-refractivity contribution in [2.75, 3.05) is 0 Å². The van der Waals surface area contributed by atoms with Crippen LogP contribution in [0.2, 0.25) is 0 Å². The van der Waals surface area contributed by atoms with Crippen LogP contribution in [0.15, 0.2) is 54.6 Å². The number of carbonyl (C=O) groups is 1. The van der Waals surface area contributed by atoms with Crippen molar-refractivity contribution in [3.63, 3.8) is 0 Å². The molecule has 3 rings (SSSR count). The molecular weight excluding hydrogens is 274 g/mol. The molecule has 1 aliphatic rings. The number of hydrogen-bond acceptors (Lipinski definition) is 2. The molecule has 2 aromatic rings. The van der Waals surface area contributed by atoms with Gasteiger partial charge in [-0.05, 0) is 47.9 Å². The molecule has 0 spiro atoms. The predicted octanol–water partition coefficient (Wildman–Crippen LogP) is 3.63. The average Bonchev–Trinajstić information content (AvgIpc) is 3.36. The minimum absolute atomic E-state index is 0.229. The monoisotopic (exact) mass is 295 g/mol. The molecule has 22 heavy (non-hydrogen) atoms. The third kappa shape index (κ3) is 3.88. The number of nitrogens with two attached hydrogens (primary N) is 1. The van der Waals surface area contributed by atoms with Crippen LogP contribution in [0.25, 0.3) is 0 Å². The molecule has 3 nitrogen and oxygen atoms in total. The second kappa shape index (κ2) is 6.65. The number of primary amides is 1. The van der Waals surface area contributed by atoms with Crippen LogP contribution in [0.5, 0.6) is 5.75 Å². The van der Waals surface area contributed by atoms with Crippen molar-refractivity contribution in [3.8, 4) is 5.75 Å². The molecule has 2 N–H and O–H groups in total. The zero-order valence-corrected chi connectivity index (χ0v) is 12.6. The zero-order chi connectivity index (χ0) is 15.4. The van der Waals surface area contributed by atoms with E-state index in [2.05, 4.69) is 12.1 Å². The number of hydrogen-bond donors (Lipinski definition) is 1. The Morgan fingerprint density at radius 1 is 1.14 bits per heavy atom. The highest BCUT2D eigenvalue weighted by molar-refractivity contribution is 5.75. The summed E-state index contributed by atoms with van der Waals surface area (Å²) in [7, 11) is 0. The van der Waals surface area contributed by atoms with E-state index in [1.165, 1.54) is 12.8 Å². The van der Waals surface area contributed by atoms with Gasteiger partial charge in [-0.3, -0.25) is 4.79 Å². The Bertz CT molecular complexity index is 635. The molecule has 1 amide bonds. The number of ether oxygens (including phenoxy) is 1. The second-order valence-electron chi connectivity index (χ2n) is 5.96. The maximum Gasteiger partial charge on any atom is 0.218 e. The van der Waals surface area contributed by atoms with Gasteiger partial charge in [0.2, 0.25) is 5.91 Å². The van der Waals surface area contributed by atoms with Crippen LogP contribution in [-0.2, 0) is 11.4 Å². The molecule has 1 aliphatic carbocycles. The first-order valence-electron chi connectivity index (χ1n) is 7.77. The molecule has 114 valence electrons. The molecule has 0 radical (unpaired) electrons. The summed E-state index contributed by atoms with van der Waals surface area (Å²) >= 11 is 0. The molecule has 0 aromatic heterocycles. The third-order valence-electron chi connectivity index (χ3n) is 4.15. The van der Waals surface area contributed by atoms with Gasteiger partial charge in [0.15, 0.2) is 0 Å². The van der Waals surface area contributed by atoms with Crippen molar-refractivity contribution >= 4 is 5.91 Å². The Hall–Kier alpha value is -2.29. The zero-order valence-electron chi connectivity index (χ0n) is 12.6. The molecule has 2 aromatic carbocycles. The molecule has 3 heteroatoms. The molecule has 0 saturated heterocycles. The van der Waals surface area contributed by atoms with Gasteiger partial charge in [0, 0.05) is 6.42 Å². The van der Waals surface area contributed by atoms with Gasteiger partial charge in [-0.25, -0.2) is 0 Å². The topological polar surface area (TPSA) is 52.3 Å². The quantitative estimate of drug-likeness (QED) is 0.848. The average molecular weight is 295 g/mol. The summed E-state index contributed by atoms with van der Waals surface area (Å²) in [5.74, 6) is 1.44. The second-order valence-corrected chi connectivity index (χ2v) is 5.96. The lowest BCUT2D eigenvalue weighted by atomic mass is 9.90. The van der Waals surface area contributed by atoms with E-state index in [4.69, 9.17) is 10.5 Å². The van der Waals surface area contributed by atoms with Crippen LogP contribution in [-0.4, -0.2) is 5.91 Å². The molecule has 1 saturated carbocycles. The van der Waals surface area contributed by atoms with Crippen LogP contribution in [0.1, 0.15) is 36.3 Å². The molecule has 1 atom stereocenters. The van der Waals surface area contributed by atoms with Crippen LogP contribution in [0.3, 0.4) is 0 Å². The normalized spacial score (nSPS) is 15.3. The van der Waals surface area contributed by atoms with Crippen molar-refractivity contribution in [1.82, 2.24) is 0 Å². The highest BCUT2D eigenvalue weighted by Gasteiger charge is 2.33. The fraction of sp³-hybridized carbons (Fsp3) is 0.316. The molecule has 0 heterocycles. The van der Waals surface area contributed by atoms with Crippen LogP contribution >= 0.6 is 0 Å². The Morgan fingerprint density at radius 3 is 2.59 bits per heavy atom. The van der Waals surface area contributed by atoms with Gasteiger partial charge in [0.05, 0.1) is 0 Å².